The highest BCUT2D eigenvalue weighted by atomic mass is 79.9. The Morgan fingerprint density at radius 1 is 1.27 bits per heavy atom. The number of rotatable bonds is 4. The fraction of sp³-hybridized carbons (Fsp3) is 0.529. The van der Waals surface area contributed by atoms with Crippen molar-refractivity contribution < 1.29 is 14.2 Å². The summed E-state index contributed by atoms with van der Waals surface area (Å²) in [5.41, 5.74) is 1.79. The lowest BCUT2D eigenvalue weighted by Gasteiger charge is -2.27. The van der Waals surface area contributed by atoms with Crippen LogP contribution in [0.1, 0.15) is 44.7 Å². The third-order valence-corrected chi connectivity index (χ3v) is 4.92. The number of benzene rings is 1. The van der Waals surface area contributed by atoms with E-state index in [1.165, 1.54) is 0 Å². The molecule has 0 amide bonds. The maximum atomic E-state index is 6.43. The molecule has 120 valence electrons. The van der Waals surface area contributed by atoms with Gasteiger partial charge in [0.05, 0.1) is 10.4 Å². The van der Waals surface area contributed by atoms with E-state index in [-0.39, 0.29) is 5.60 Å². The number of halogens is 2. The van der Waals surface area contributed by atoms with E-state index in [9.17, 15) is 0 Å². The predicted molar refractivity (Wildman–Crippen MR) is 90.5 cm³/mol. The summed E-state index contributed by atoms with van der Waals surface area (Å²) in [6, 6.07) is 3.96. The molecule has 1 unspecified atom stereocenters. The molecule has 0 saturated carbocycles. The lowest BCUT2D eigenvalue weighted by Crippen LogP contribution is -2.29. The monoisotopic (exact) mass is 386 g/mol. The van der Waals surface area contributed by atoms with Crippen LogP contribution < -0.4 is 4.74 Å². The summed E-state index contributed by atoms with van der Waals surface area (Å²) in [7, 11) is 0. The first-order valence-corrected chi connectivity index (χ1v) is 9.03. The molecule has 2 aliphatic heterocycles. The van der Waals surface area contributed by atoms with E-state index in [0.717, 1.165) is 41.9 Å². The zero-order chi connectivity index (χ0) is 16.0. The first-order chi connectivity index (χ1) is 10.4. The lowest BCUT2D eigenvalue weighted by molar-refractivity contribution is -0.136. The van der Waals surface area contributed by atoms with E-state index in [4.69, 9.17) is 25.8 Å². The minimum Gasteiger partial charge on any atom is -0.486 e. The van der Waals surface area contributed by atoms with Crippen LogP contribution in [0, 0.1) is 0 Å². The van der Waals surface area contributed by atoms with Crippen LogP contribution in [0.5, 0.6) is 5.75 Å². The Morgan fingerprint density at radius 3 is 2.73 bits per heavy atom. The number of fused-ring (bicyclic) bond motifs is 1. The zero-order valence-corrected chi connectivity index (χ0v) is 15.4. The molecule has 1 atom stereocenters. The number of hydrogen-bond donors (Lipinski definition) is 0. The predicted octanol–water partition coefficient (Wildman–Crippen LogP) is 5.29. The average molecular weight is 388 g/mol. The molecular formula is C17H20BrClO3. The Hall–Kier alpha value is -0.870. The van der Waals surface area contributed by atoms with Gasteiger partial charge in [-0.15, -0.1) is 0 Å². The minimum absolute atomic E-state index is 0.227. The Kier molecular flexibility index (Phi) is 4.11. The highest BCUT2D eigenvalue weighted by Gasteiger charge is 2.42. The summed E-state index contributed by atoms with van der Waals surface area (Å²) < 4.78 is 17.9. The molecule has 3 nitrogen and oxygen atoms in total. The third-order valence-electron chi connectivity index (χ3n) is 3.90. The van der Waals surface area contributed by atoms with Crippen molar-refractivity contribution in [3.05, 3.63) is 40.3 Å². The quantitative estimate of drug-likeness (QED) is 0.657. The maximum Gasteiger partial charge on any atom is 0.286 e. The molecule has 0 N–H and O–H groups in total. The molecule has 0 saturated heterocycles. The fourth-order valence-corrected chi connectivity index (χ4v) is 3.77. The van der Waals surface area contributed by atoms with E-state index in [0.29, 0.717) is 10.4 Å². The maximum absolute atomic E-state index is 6.43. The standard InChI is InChI=1S/C17H20BrClO3/c1-4-5-13-9-20-17(10-18,21-13)12-6-11-8-16(2,3)22-15(11)14(19)7-12/h6-7,9H,4-5,8,10H2,1-3H3. The van der Waals surface area contributed by atoms with Crippen LogP contribution >= 0.6 is 27.5 Å². The van der Waals surface area contributed by atoms with Crippen LogP contribution in [0.4, 0.5) is 0 Å². The van der Waals surface area contributed by atoms with Crippen molar-refractivity contribution in [1.82, 2.24) is 0 Å². The third kappa shape index (κ3) is 2.71. The van der Waals surface area contributed by atoms with E-state index < -0.39 is 5.79 Å². The number of ether oxygens (including phenoxy) is 3. The molecule has 0 aromatic heterocycles. The van der Waals surface area contributed by atoms with Gasteiger partial charge in [0.2, 0.25) is 0 Å². The molecule has 22 heavy (non-hydrogen) atoms. The van der Waals surface area contributed by atoms with Gasteiger partial charge in [-0.3, -0.25) is 0 Å². The normalized spacial score (nSPS) is 25.0. The van der Waals surface area contributed by atoms with Crippen LogP contribution in [0.25, 0.3) is 0 Å². The Bertz CT molecular complexity index is 627. The highest BCUT2D eigenvalue weighted by Crippen LogP contribution is 2.46. The van der Waals surface area contributed by atoms with Gasteiger partial charge in [-0.2, -0.15) is 0 Å². The average Bonchev–Trinajstić information content (AvgIpc) is 3.00. The van der Waals surface area contributed by atoms with Gasteiger partial charge in [0.1, 0.15) is 23.4 Å². The molecular weight excluding hydrogens is 368 g/mol. The Labute approximate surface area is 144 Å². The summed E-state index contributed by atoms with van der Waals surface area (Å²) in [6.45, 7) is 6.24. The first-order valence-electron chi connectivity index (χ1n) is 7.53. The largest absolute Gasteiger partial charge is 0.486 e. The van der Waals surface area contributed by atoms with Crippen LogP contribution in [-0.2, 0) is 21.7 Å². The van der Waals surface area contributed by atoms with Gasteiger partial charge >= 0.3 is 0 Å². The van der Waals surface area contributed by atoms with Gasteiger partial charge in [0, 0.05) is 24.0 Å². The molecule has 0 radical (unpaired) electrons. The summed E-state index contributed by atoms with van der Waals surface area (Å²) >= 11 is 9.95. The SMILES string of the molecule is CCCC1=COC(CBr)(c2cc(Cl)c3c(c2)CC(C)(C)O3)O1. The van der Waals surface area contributed by atoms with Crippen LogP contribution in [-0.4, -0.2) is 10.9 Å². The summed E-state index contributed by atoms with van der Waals surface area (Å²) in [6.07, 6.45) is 4.42. The molecule has 2 heterocycles. The minimum atomic E-state index is -0.837. The van der Waals surface area contributed by atoms with Crippen molar-refractivity contribution in [2.24, 2.45) is 0 Å². The second kappa shape index (κ2) is 5.64. The summed E-state index contributed by atoms with van der Waals surface area (Å²) in [5, 5.41) is 1.14. The van der Waals surface area contributed by atoms with Crippen molar-refractivity contribution in [2.75, 3.05) is 5.33 Å². The van der Waals surface area contributed by atoms with Crippen molar-refractivity contribution in [2.45, 2.75) is 51.4 Å². The molecule has 1 aromatic carbocycles. The Morgan fingerprint density at radius 2 is 2.05 bits per heavy atom. The molecule has 0 spiro atoms. The van der Waals surface area contributed by atoms with E-state index in [1.54, 1.807) is 6.26 Å². The second-order valence-electron chi connectivity index (χ2n) is 6.43. The number of alkyl halides is 1. The van der Waals surface area contributed by atoms with Gasteiger partial charge in [-0.05, 0) is 32.4 Å². The van der Waals surface area contributed by atoms with Crippen molar-refractivity contribution in [3.63, 3.8) is 0 Å². The van der Waals surface area contributed by atoms with Crippen molar-refractivity contribution in [3.8, 4) is 5.75 Å². The lowest BCUT2D eigenvalue weighted by atomic mass is 9.98. The topological polar surface area (TPSA) is 27.7 Å². The second-order valence-corrected chi connectivity index (χ2v) is 7.39. The van der Waals surface area contributed by atoms with Crippen molar-refractivity contribution in [1.29, 1.82) is 0 Å². The van der Waals surface area contributed by atoms with Gasteiger partial charge in [-0.25, -0.2) is 0 Å². The van der Waals surface area contributed by atoms with E-state index in [2.05, 4.69) is 42.8 Å². The van der Waals surface area contributed by atoms with E-state index >= 15 is 0 Å². The van der Waals surface area contributed by atoms with Crippen LogP contribution in [0.2, 0.25) is 5.02 Å². The highest BCUT2D eigenvalue weighted by molar-refractivity contribution is 9.09. The van der Waals surface area contributed by atoms with E-state index in [1.807, 2.05) is 6.07 Å². The fourth-order valence-electron chi connectivity index (χ4n) is 2.93. The van der Waals surface area contributed by atoms with Gasteiger partial charge in [0.25, 0.3) is 5.79 Å². The van der Waals surface area contributed by atoms with Crippen LogP contribution in [0.15, 0.2) is 24.2 Å². The molecule has 3 rings (SSSR count). The zero-order valence-electron chi connectivity index (χ0n) is 13.0. The Balaban J connectivity index is 1.95. The number of allylic oxidation sites excluding steroid dienone is 1. The molecule has 2 aliphatic rings. The molecule has 0 bridgehead atoms. The van der Waals surface area contributed by atoms with Gasteiger partial charge < -0.3 is 14.2 Å². The number of hydrogen-bond acceptors (Lipinski definition) is 3. The molecule has 5 heteroatoms. The summed E-state index contributed by atoms with van der Waals surface area (Å²) in [5.74, 6) is 0.811. The molecule has 0 aliphatic carbocycles. The smallest absolute Gasteiger partial charge is 0.286 e. The first kappa shape index (κ1) is 16.0. The molecule has 1 aromatic rings. The van der Waals surface area contributed by atoms with Gasteiger partial charge in [0.15, 0.2) is 0 Å². The van der Waals surface area contributed by atoms with Crippen LogP contribution in [0.3, 0.4) is 0 Å². The molecule has 0 fully saturated rings. The summed E-state index contributed by atoms with van der Waals surface area (Å²) in [4.78, 5) is 0. The van der Waals surface area contributed by atoms with Gasteiger partial charge in [-0.1, -0.05) is 34.5 Å². The van der Waals surface area contributed by atoms with Crippen molar-refractivity contribution >= 4 is 27.5 Å².